The second-order valence-electron chi connectivity index (χ2n) is 2.72. The van der Waals surface area contributed by atoms with Crippen molar-refractivity contribution in [1.82, 2.24) is 0 Å². The van der Waals surface area contributed by atoms with Crippen LogP contribution in [0.3, 0.4) is 0 Å². The van der Waals surface area contributed by atoms with E-state index < -0.39 is 5.97 Å². The minimum absolute atomic E-state index is 0.278. The smallest absolute Gasteiger partial charge is 0.317 e. The maximum atomic E-state index is 9.24. The van der Waals surface area contributed by atoms with Gasteiger partial charge in [-0.2, -0.15) is 0 Å². The molecule has 0 spiro atoms. The summed E-state index contributed by atoms with van der Waals surface area (Å²) in [6.45, 7) is -0.278. The summed E-state index contributed by atoms with van der Waals surface area (Å²) in [4.78, 5) is 9.24. The zero-order valence-corrected chi connectivity index (χ0v) is 6.88. The van der Waals surface area contributed by atoms with Gasteiger partial charge in [0.25, 0.3) is 0 Å². The Morgan fingerprint density at radius 3 is 1.36 bits per heavy atom. The first-order valence-corrected chi connectivity index (χ1v) is 4.19. The van der Waals surface area contributed by atoms with E-state index in [0.717, 1.165) is 0 Å². The second-order valence-corrected chi connectivity index (χ2v) is 2.72. The Bertz CT molecular complexity index is 88.8. The first-order valence-electron chi connectivity index (χ1n) is 4.19. The quantitative estimate of drug-likeness (QED) is 0.607. The molecule has 0 aromatic carbocycles. The molecule has 0 radical (unpaired) electrons. The molecule has 0 saturated heterocycles. The van der Waals surface area contributed by atoms with Gasteiger partial charge in [0.2, 0.25) is 0 Å². The van der Waals surface area contributed by atoms with Gasteiger partial charge in [-0.3, -0.25) is 4.79 Å². The van der Waals surface area contributed by atoms with Crippen LogP contribution in [0.25, 0.3) is 0 Å². The summed E-state index contributed by atoms with van der Waals surface area (Å²) >= 11 is 0. The Hall–Kier alpha value is -0.570. The molecule has 0 amide bonds. The van der Waals surface area contributed by atoms with Crippen LogP contribution in [0.2, 0.25) is 0 Å². The van der Waals surface area contributed by atoms with Gasteiger partial charge in [-0.05, 0) is 0 Å². The lowest BCUT2D eigenvalue weighted by molar-refractivity contribution is -0.135. The molecular formula is C8H17NO2. The van der Waals surface area contributed by atoms with E-state index in [1.807, 2.05) is 0 Å². The van der Waals surface area contributed by atoms with Crippen LogP contribution in [-0.4, -0.2) is 17.6 Å². The largest absolute Gasteiger partial charge is 0.480 e. The van der Waals surface area contributed by atoms with Crippen LogP contribution in [0.15, 0.2) is 0 Å². The first kappa shape index (κ1) is 10.4. The zero-order chi connectivity index (χ0) is 8.53. The van der Waals surface area contributed by atoms with Gasteiger partial charge in [-0.25, -0.2) is 0 Å². The fourth-order valence-corrected chi connectivity index (χ4v) is 1.06. The van der Waals surface area contributed by atoms with E-state index >= 15 is 0 Å². The Kier molecular flexibility index (Phi) is 7.15. The van der Waals surface area contributed by atoms with Crippen molar-refractivity contribution < 1.29 is 9.90 Å². The van der Waals surface area contributed by atoms with Crippen LogP contribution in [0, 0.1) is 0 Å². The van der Waals surface area contributed by atoms with Crippen LogP contribution in [0.1, 0.15) is 38.5 Å². The molecule has 1 rings (SSSR count). The van der Waals surface area contributed by atoms with Gasteiger partial charge >= 0.3 is 5.97 Å². The van der Waals surface area contributed by atoms with Crippen molar-refractivity contribution in [2.45, 2.75) is 38.5 Å². The highest BCUT2D eigenvalue weighted by Gasteiger charge is 1.95. The van der Waals surface area contributed by atoms with E-state index in [0.29, 0.717) is 0 Å². The minimum atomic E-state index is -0.968. The van der Waals surface area contributed by atoms with Crippen molar-refractivity contribution in [2.75, 3.05) is 6.54 Å². The molecule has 0 aromatic rings. The number of aliphatic carboxylic acids is 1. The first-order chi connectivity index (χ1) is 5.27. The van der Waals surface area contributed by atoms with Crippen LogP contribution in [0.4, 0.5) is 0 Å². The molecule has 1 fully saturated rings. The summed E-state index contributed by atoms with van der Waals surface area (Å²) in [5.41, 5.74) is 4.57. The van der Waals surface area contributed by atoms with Gasteiger partial charge in [0.05, 0.1) is 6.54 Å². The number of carbonyl (C=O) groups is 1. The van der Waals surface area contributed by atoms with Crippen molar-refractivity contribution in [1.29, 1.82) is 0 Å². The van der Waals surface area contributed by atoms with Crippen LogP contribution >= 0.6 is 0 Å². The van der Waals surface area contributed by atoms with Gasteiger partial charge in [-0.15, -0.1) is 0 Å². The third-order valence-corrected chi connectivity index (χ3v) is 1.67. The molecule has 66 valence electrons. The lowest BCUT2D eigenvalue weighted by Crippen LogP contribution is -2.10. The highest BCUT2D eigenvalue weighted by Crippen LogP contribution is 2.15. The minimum Gasteiger partial charge on any atom is -0.480 e. The zero-order valence-electron chi connectivity index (χ0n) is 6.88. The summed E-state index contributed by atoms with van der Waals surface area (Å²) in [5, 5.41) is 7.60. The summed E-state index contributed by atoms with van der Waals surface area (Å²) in [6.07, 6.45) is 9.00. The van der Waals surface area contributed by atoms with Crippen LogP contribution < -0.4 is 5.73 Å². The van der Waals surface area contributed by atoms with E-state index in [-0.39, 0.29) is 6.54 Å². The Labute approximate surface area is 67.6 Å². The lowest BCUT2D eigenvalue weighted by Gasteiger charge is -2.05. The Morgan fingerprint density at radius 1 is 1.09 bits per heavy atom. The van der Waals surface area contributed by atoms with Crippen molar-refractivity contribution in [3.05, 3.63) is 0 Å². The molecule has 1 aliphatic carbocycles. The number of hydrogen-bond acceptors (Lipinski definition) is 2. The van der Waals surface area contributed by atoms with Gasteiger partial charge < -0.3 is 10.8 Å². The molecule has 3 nitrogen and oxygen atoms in total. The third-order valence-electron chi connectivity index (χ3n) is 1.67. The lowest BCUT2D eigenvalue weighted by atomic mass is 10.0. The van der Waals surface area contributed by atoms with Gasteiger partial charge in [0.15, 0.2) is 0 Å². The average Bonchev–Trinajstić information content (AvgIpc) is 2.09. The van der Waals surface area contributed by atoms with E-state index in [1.54, 1.807) is 0 Å². The van der Waals surface area contributed by atoms with E-state index in [9.17, 15) is 4.79 Å². The summed E-state index contributed by atoms with van der Waals surface area (Å²) in [6, 6.07) is 0. The predicted octanol–water partition coefficient (Wildman–Crippen LogP) is 1.37. The highest BCUT2D eigenvalue weighted by molar-refractivity contribution is 5.68. The molecule has 3 N–H and O–H groups in total. The van der Waals surface area contributed by atoms with Crippen LogP contribution in [-0.2, 0) is 4.79 Å². The molecule has 3 heteroatoms. The number of rotatable bonds is 1. The maximum absolute atomic E-state index is 9.24. The molecule has 1 aliphatic rings. The molecule has 0 bridgehead atoms. The second kappa shape index (κ2) is 7.54. The topological polar surface area (TPSA) is 63.3 Å². The van der Waals surface area contributed by atoms with Gasteiger partial charge in [-0.1, -0.05) is 38.5 Å². The van der Waals surface area contributed by atoms with Gasteiger partial charge in [0, 0.05) is 0 Å². The third kappa shape index (κ3) is 9.43. The highest BCUT2D eigenvalue weighted by atomic mass is 16.4. The molecule has 0 aromatic heterocycles. The average molecular weight is 159 g/mol. The molecule has 0 unspecified atom stereocenters. The number of carboxylic acids is 1. The predicted molar refractivity (Wildman–Crippen MR) is 44.4 cm³/mol. The van der Waals surface area contributed by atoms with Gasteiger partial charge in [0.1, 0.15) is 0 Å². The number of nitrogens with two attached hydrogens (primary N) is 1. The Morgan fingerprint density at radius 2 is 1.27 bits per heavy atom. The molecule has 0 heterocycles. The summed E-state index contributed by atoms with van der Waals surface area (Å²) in [7, 11) is 0. The SMILES string of the molecule is C1CCCCC1.NCC(=O)O. The standard InChI is InChI=1S/C6H12.C2H5NO2/c1-2-4-6-5-3-1;3-1-2(4)5/h1-6H2;1,3H2,(H,4,5). The van der Waals surface area contributed by atoms with E-state index in [4.69, 9.17) is 5.11 Å². The van der Waals surface area contributed by atoms with Crippen LogP contribution in [0.5, 0.6) is 0 Å². The fourth-order valence-electron chi connectivity index (χ4n) is 1.06. The fraction of sp³-hybridized carbons (Fsp3) is 0.875. The van der Waals surface area contributed by atoms with E-state index in [2.05, 4.69) is 5.73 Å². The number of hydrogen-bond donors (Lipinski definition) is 2. The summed E-state index contributed by atoms with van der Waals surface area (Å²) in [5.74, 6) is -0.968. The molecule has 0 atom stereocenters. The van der Waals surface area contributed by atoms with Crippen molar-refractivity contribution in [2.24, 2.45) is 5.73 Å². The maximum Gasteiger partial charge on any atom is 0.317 e. The summed E-state index contributed by atoms with van der Waals surface area (Å²) < 4.78 is 0. The molecule has 1 saturated carbocycles. The molecular weight excluding hydrogens is 142 g/mol. The van der Waals surface area contributed by atoms with Crippen molar-refractivity contribution >= 4 is 5.97 Å². The van der Waals surface area contributed by atoms with Crippen molar-refractivity contribution in [3.8, 4) is 0 Å². The molecule has 0 aliphatic heterocycles. The Balaban J connectivity index is 0.000000187. The normalized spacial score (nSPS) is 16.5. The van der Waals surface area contributed by atoms with E-state index in [1.165, 1.54) is 38.5 Å². The van der Waals surface area contributed by atoms with Crippen molar-refractivity contribution in [3.63, 3.8) is 0 Å². The monoisotopic (exact) mass is 159 g/mol. The number of carboxylic acid groups (broad SMARTS) is 1. The molecule has 11 heavy (non-hydrogen) atoms.